The lowest BCUT2D eigenvalue weighted by Gasteiger charge is -2.22. The Bertz CT molecular complexity index is 289. The molecule has 1 aliphatic heterocycles. The van der Waals surface area contributed by atoms with Crippen molar-refractivity contribution in [3.05, 3.63) is 0 Å². The van der Waals surface area contributed by atoms with E-state index >= 15 is 0 Å². The second-order valence-electron chi connectivity index (χ2n) is 6.05. The normalized spacial score (nSPS) is 31.2. The molecule has 96 valence electrons. The number of thioether (sulfide) groups is 1. The quantitative estimate of drug-likeness (QED) is 0.812. The molecule has 2 aliphatic carbocycles. The lowest BCUT2D eigenvalue weighted by molar-refractivity contribution is 0.366. The first-order chi connectivity index (χ1) is 8.36. The van der Waals surface area contributed by atoms with E-state index in [0.717, 1.165) is 12.5 Å². The van der Waals surface area contributed by atoms with Crippen molar-refractivity contribution in [1.29, 1.82) is 0 Å². The van der Waals surface area contributed by atoms with Gasteiger partial charge in [0, 0.05) is 17.8 Å². The zero-order valence-corrected chi connectivity index (χ0v) is 11.5. The van der Waals surface area contributed by atoms with Gasteiger partial charge >= 0.3 is 0 Å². The van der Waals surface area contributed by atoms with E-state index in [1.54, 1.807) is 0 Å². The second kappa shape index (κ2) is 5.21. The molecule has 1 heterocycles. The van der Waals surface area contributed by atoms with Crippen LogP contribution < -0.4 is 5.32 Å². The number of rotatable bonds is 2. The number of nitrogens with one attached hydrogen (secondary N) is 1. The minimum absolute atomic E-state index is 0.441. The molecule has 3 fully saturated rings. The Kier molecular flexibility index (Phi) is 3.64. The van der Waals surface area contributed by atoms with Crippen LogP contribution in [0.25, 0.3) is 0 Å². The molecule has 2 saturated carbocycles. The van der Waals surface area contributed by atoms with Gasteiger partial charge in [-0.05, 0) is 31.6 Å². The van der Waals surface area contributed by atoms with Crippen LogP contribution in [-0.4, -0.2) is 23.0 Å². The van der Waals surface area contributed by atoms with Crippen molar-refractivity contribution in [2.75, 3.05) is 12.3 Å². The monoisotopic (exact) mass is 252 g/mol. The van der Waals surface area contributed by atoms with Gasteiger partial charge in [0.05, 0.1) is 0 Å². The number of hydrogen-bond donors (Lipinski definition) is 1. The lowest BCUT2D eigenvalue weighted by Crippen LogP contribution is -2.40. The van der Waals surface area contributed by atoms with E-state index in [0.29, 0.717) is 5.54 Å². The van der Waals surface area contributed by atoms with Gasteiger partial charge in [0.1, 0.15) is 0 Å². The second-order valence-corrected chi connectivity index (χ2v) is 7.02. The molecule has 0 atom stereocenters. The van der Waals surface area contributed by atoms with Gasteiger partial charge in [-0.25, -0.2) is 0 Å². The molecule has 0 aromatic heterocycles. The fraction of sp³-hybridized carbons (Fsp3) is 0.929. The molecule has 1 N–H and O–H groups in total. The predicted octanol–water partition coefficient (Wildman–Crippen LogP) is 3.57. The van der Waals surface area contributed by atoms with Gasteiger partial charge in [-0.3, -0.25) is 4.99 Å². The van der Waals surface area contributed by atoms with Gasteiger partial charge in [-0.15, -0.1) is 0 Å². The zero-order valence-electron chi connectivity index (χ0n) is 10.7. The number of nitrogens with zero attached hydrogens (tertiary/aromatic N) is 1. The van der Waals surface area contributed by atoms with Gasteiger partial charge in [0.15, 0.2) is 5.17 Å². The first-order valence-corrected chi connectivity index (χ1v) is 8.30. The van der Waals surface area contributed by atoms with Crippen LogP contribution in [0.4, 0.5) is 0 Å². The van der Waals surface area contributed by atoms with E-state index in [9.17, 15) is 0 Å². The third kappa shape index (κ3) is 2.81. The molecule has 0 aromatic rings. The zero-order chi connectivity index (χ0) is 11.6. The highest BCUT2D eigenvalue weighted by molar-refractivity contribution is 8.14. The Morgan fingerprint density at radius 3 is 2.65 bits per heavy atom. The lowest BCUT2D eigenvalue weighted by atomic mass is 9.89. The Morgan fingerprint density at radius 2 is 1.88 bits per heavy atom. The van der Waals surface area contributed by atoms with Crippen molar-refractivity contribution in [1.82, 2.24) is 5.32 Å². The number of hydrogen-bond acceptors (Lipinski definition) is 2. The predicted molar refractivity (Wildman–Crippen MR) is 75.7 cm³/mol. The van der Waals surface area contributed by atoms with E-state index in [2.05, 4.69) is 5.32 Å². The van der Waals surface area contributed by atoms with Gasteiger partial charge in [0.25, 0.3) is 0 Å². The van der Waals surface area contributed by atoms with Crippen molar-refractivity contribution in [2.45, 2.75) is 63.3 Å². The first-order valence-electron chi connectivity index (χ1n) is 7.32. The molecule has 17 heavy (non-hydrogen) atoms. The van der Waals surface area contributed by atoms with Gasteiger partial charge in [0.2, 0.25) is 0 Å². The fourth-order valence-corrected chi connectivity index (χ4v) is 4.72. The maximum atomic E-state index is 4.83. The topological polar surface area (TPSA) is 24.4 Å². The molecular formula is C14H24N2S. The van der Waals surface area contributed by atoms with Crippen LogP contribution in [0.1, 0.15) is 57.8 Å². The van der Waals surface area contributed by atoms with Crippen LogP contribution in [0.15, 0.2) is 4.99 Å². The van der Waals surface area contributed by atoms with Crippen molar-refractivity contribution in [3.63, 3.8) is 0 Å². The molecule has 2 nitrogen and oxygen atoms in total. The summed E-state index contributed by atoms with van der Waals surface area (Å²) in [4.78, 5) is 4.83. The van der Waals surface area contributed by atoms with E-state index in [4.69, 9.17) is 4.99 Å². The Labute approximate surface area is 109 Å². The van der Waals surface area contributed by atoms with Crippen LogP contribution in [0, 0.1) is 5.92 Å². The third-order valence-corrected chi connectivity index (χ3v) is 5.84. The summed E-state index contributed by atoms with van der Waals surface area (Å²) < 4.78 is 0. The summed E-state index contributed by atoms with van der Waals surface area (Å²) in [6.07, 6.45) is 12.7. The summed E-state index contributed by atoms with van der Waals surface area (Å²) in [5, 5.41) is 4.97. The van der Waals surface area contributed by atoms with E-state index in [1.807, 2.05) is 11.8 Å². The highest BCUT2D eigenvalue weighted by Crippen LogP contribution is 2.37. The summed E-state index contributed by atoms with van der Waals surface area (Å²) in [7, 11) is 0. The molecule has 3 rings (SSSR count). The molecule has 3 heteroatoms. The average Bonchev–Trinajstić information content (AvgIpc) is 2.99. The van der Waals surface area contributed by atoms with Gasteiger partial charge in [-0.2, -0.15) is 0 Å². The molecule has 0 aromatic carbocycles. The van der Waals surface area contributed by atoms with Crippen LogP contribution in [0.3, 0.4) is 0 Å². The van der Waals surface area contributed by atoms with Crippen molar-refractivity contribution < 1.29 is 0 Å². The fourth-order valence-electron chi connectivity index (χ4n) is 3.49. The van der Waals surface area contributed by atoms with Crippen LogP contribution in [0.5, 0.6) is 0 Å². The smallest absolute Gasteiger partial charge is 0.157 e. The molecule has 0 radical (unpaired) electrons. The standard InChI is InChI=1S/C14H24N2S/c1-2-6-12(7-3-1)10-15-13-16-14(11-17-13)8-4-5-9-14/h12H,1-11H2,(H,15,16). The Hall–Kier alpha value is -0.180. The Morgan fingerprint density at radius 1 is 1.12 bits per heavy atom. The minimum atomic E-state index is 0.441. The summed E-state index contributed by atoms with van der Waals surface area (Å²) in [5.74, 6) is 2.13. The molecule has 1 spiro atoms. The van der Waals surface area contributed by atoms with E-state index in [-0.39, 0.29) is 0 Å². The van der Waals surface area contributed by atoms with Crippen LogP contribution in [0.2, 0.25) is 0 Å². The van der Waals surface area contributed by atoms with Crippen LogP contribution >= 0.6 is 11.8 Å². The molecular weight excluding hydrogens is 228 g/mol. The van der Waals surface area contributed by atoms with Crippen molar-refractivity contribution in [2.24, 2.45) is 10.9 Å². The maximum absolute atomic E-state index is 4.83. The molecule has 0 bridgehead atoms. The largest absolute Gasteiger partial charge is 0.359 e. The van der Waals surface area contributed by atoms with Crippen molar-refractivity contribution >= 4 is 16.9 Å². The summed E-state index contributed by atoms with van der Waals surface area (Å²) in [6.45, 7) is 1.07. The third-order valence-electron chi connectivity index (χ3n) is 4.64. The number of aliphatic imine (C=N–C) groups is 1. The van der Waals surface area contributed by atoms with Gasteiger partial charge in [-0.1, -0.05) is 43.9 Å². The highest BCUT2D eigenvalue weighted by Gasteiger charge is 2.39. The molecule has 0 amide bonds. The van der Waals surface area contributed by atoms with E-state index < -0.39 is 0 Å². The highest BCUT2D eigenvalue weighted by atomic mass is 32.2. The molecule has 0 unspecified atom stereocenters. The molecule has 3 aliphatic rings. The molecule has 1 saturated heterocycles. The maximum Gasteiger partial charge on any atom is 0.157 e. The summed E-state index contributed by atoms with van der Waals surface area (Å²) in [6, 6.07) is 0. The SMILES string of the molecule is C1CCC(CN=C2NC3(CCCC3)CS2)CC1. The first kappa shape index (κ1) is 11.9. The van der Waals surface area contributed by atoms with Gasteiger partial charge < -0.3 is 5.32 Å². The van der Waals surface area contributed by atoms with Crippen molar-refractivity contribution in [3.8, 4) is 0 Å². The summed E-state index contributed by atoms with van der Waals surface area (Å²) in [5.41, 5.74) is 0.441. The minimum Gasteiger partial charge on any atom is -0.359 e. The van der Waals surface area contributed by atoms with E-state index in [1.165, 1.54) is 68.7 Å². The van der Waals surface area contributed by atoms with Crippen LogP contribution in [-0.2, 0) is 0 Å². The Balaban J connectivity index is 1.51. The number of amidine groups is 1. The average molecular weight is 252 g/mol. The summed E-state index contributed by atoms with van der Waals surface area (Å²) >= 11 is 1.97.